The molecule has 0 saturated carbocycles. The summed E-state index contributed by atoms with van der Waals surface area (Å²) in [5.41, 5.74) is -0.441. The lowest BCUT2D eigenvalue weighted by Crippen LogP contribution is -2.46. The molecule has 2 amide bonds. The number of hydrogen-bond donors (Lipinski definition) is 3. The Morgan fingerprint density at radius 2 is 1.29 bits per heavy atom. The fourth-order valence-electron chi connectivity index (χ4n) is 3.21. The average Bonchev–Trinajstić information content (AvgIpc) is 2.60. The summed E-state index contributed by atoms with van der Waals surface area (Å²) in [7, 11) is 0. The van der Waals surface area contributed by atoms with Crippen LogP contribution in [0.5, 0.6) is 0 Å². The van der Waals surface area contributed by atoms with Gasteiger partial charge in [-0.25, -0.2) is 9.59 Å². The lowest BCUT2D eigenvalue weighted by Gasteiger charge is -2.34. The van der Waals surface area contributed by atoms with Crippen LogP contribution in [0.2, 0.25) is 0 Å². The Morgan fingerprint density at radius 1 is 0.821 bits per heavy atom. The monoisotopic (exact) mass is 400 g/mol. The molecule has 3 N–H and O–H groups in total. The van der Waals surface area contributed by atoms with Crippen molar-refractivity contribution in [2.75, 3.05) is 52.4 Å². The van der Waals surface area contributed by atoms with Gasteiger partial charge in [0.25, 0.3) is 0 Å². The van der Waals surface area contributed by atoms with E-state index in [0.29, 0.717) is 13.1 Å². The third-order valence-corrected chi connectivity index (χ3v) is 4.71. The van der Waals surface area contributed by atoms with Gasteiger partial charge >= 0.3 is 12.2 Å². The summed E-state index contributed by atoms with van der Waals surface area (Å²) in [4.78, 5) is 26.9. The lowest BCUT2D eigenvalue weighted by molar-refractivity contribution is 0.0526. The molecule has 1 aliphatic heterocycles. The molecule has 0 aromatic rings. The van der Waals surface area contributed by atoms with Gasteiger partial charge in [0.2, 0.25) is 0 Å². The van der Waals surface area contributed by atoms with Gasteiger partial charge in [0.1, 0.15) is 5.60 Å². The number of hydrogen-bond acceptors (Lipinski definition) is 5. The predicted molar refractivity (Wildman–Crippen MR) is 111 cm³/mol. The third kappa shape index (κ3) is 13.6. The number of alkyl carbamates (subject to hydrolysis) is 1. The van der Waals surface area contributed by atoms with Crippen molar-refractivity contribution in [2.24, 2.45) is 0 Å². The molecular formula is C20H40N4O4. The van der Waals surface area contributed by atoms with Crippen molar-refractivity contribution >= 4 is 12.2 Å². The Kier molecular flexibility index (Phi) is 11.9. The van der Waals surface area contributed by atoms with Crippen LogP contribution in [0.25, 0.3) is 0 Å². The number of nitrogens with zero attached hydrogens (tertiary/aromatic N) is 2. The largest absolute Gasteiger partial charge is 0.465 e. The summed E-state index contributed by atoms with van der Waals surface area (Å²) in [6.45, 7) is 13.5. The van der Waals surface area contributed by atoms with Crippen LogP contribution in [-0.4, -0.2) is 85.1 Å². The van der Waals surface area contributed by atoms with E-state index < -0.39 is 11.7 Å². The van der Waals surface area contributed by atoms with E-state index in [0.717, 1.165) is 77.8 Å². The molecule has 8 heteroatoms. The molecule has 0 atom stereocenters. The van der Waals surface area contributed by atoms with Crippen molar-refractivity contribution in [3.63, 3.8) is 0 Å². The van der Waals surface area contributed by atoms with Gasteiger partial charge in [-0.05, 0) is 59.5 Å². The molecular weight excluding hydrogens is 360 g/mol. The van der Waals surface area contributed by atoms with E-state index in [-0.39, 0.29) is 6.09 Å². The first-order chi connectivity index (χ1) is 13.3. The van der Waals surface area contributed by atoms with Gasteiger partial charge in [0, 0.05) is 39.3 Å². The molecule has 0 aliphatic carbocycles. The summed E-state index contributed by atoms with van der Waals surface area (Å²) < 4.78 is 5.22. The minimum absolute atomic E-state index is 0.332. The Labute approximate surface area is 170 Å². The first kappa shape index (κ1) is 24.5. The van der Waals surface area contributed by atoms with E-state index in [9.17, 15) is 9.59 Å². The molecule has 164 valence electrons. The number of rotatable bonds is 12. The highest BCUT2D eigenvalue weighted by molar-refractivity contribution is 5.67. The zero-order valence-corrected chi connectivity index (χ0v) is 18.0. The molecule has 0 bridgehead atoms. The van der Waals surface area contributed by atoms with Crippen molar-refractivity contribution < 1.29 is 19.4 Å². The van der Waals surface area contributed by atoms with Gasteiger partial charge in [-0.2, -0.15) is 0 Å². The molecule has 1 saturated heterocycles. The number of piperazine rings is 1. The zero-order valence-electron chi connectivity index (χ0n) is 18.0. The van der Waals surface area contributed by atoms with E-state index >= 15 is 0 Å². The summed E-state index contributed by atoms with van der Waals surface area (Å²) in [6.07, 6.45) is 5.10. The van der Waals surface area contributed by atoms with Crippen molar-refractivity contribution in [3.8, 4) is 0 Å². The summed E-state index contributed by atoms with van der Waals surface area (Å²) in [5.74, 6) is 0. The second-order valence-corrected chi connectivity index (χ2v) is 8.47. The quantitative estimate of drug-likeness (QED) is 0.436. The first-order valence-corrected chi connectivity index (χ1v) is 10.6. The summed E-state index contributed by atoms with van der Waals surface area (Å²) >= 11 is 0. The van der Waals surface area contributed by atoms with Gasteiger partial charge in [-0.3, -0.25) is 0 Å². The standard InChI is InChI=1S/C20H40N4O4/c1-20(2,3)28-19(27)22-11-7-5-9-13-24-16-14-23(15-17-24)12-8-4-6-10-21-18(25)26/h21H,4-17H2,1-3H3,(H,22,27)(H,25,26). The molecule has 0 spiro atoms. The van der Waals surface area contributed by atoms with Crippen LogP contribution in [0.4, 0.5) is 9.59 Å². The van der Waals surface area contributed by atoms with Gasteiger partial charge in [0.05, 0.1) is 0 Å². The average molecular weight is 401 g/mol. The smallest absolute Gasteiger partial charge is 0.407 e. The predicted octanol–water partition coefficient (Wildman–Crippen LogP) is 2.74. The molecule has 0 radical (unpaired) electrons. The van der Waals surface area contributed by atoms with Gasteiger partial charge < -0.3 is 30.3 Å². The highest BCUT2D eigenvalue weighted by Gasteiger charge is 2.16. The molecule has 28 heavy (non-hydrogen) atoms. The molecule has 1 fully saturated rings. The highest BCUT2D eigenvalue weighted by atomic mass is 16.6. The van der Waals surface area contributed by atoms with Crippen molar-refractivity contribution in [3.05, 3.63) is 0 Å². The van der Waals surface area contributed by atoms with Crippen LogP contribution in [-0.2, 0) is 4.74 Å². The summed E-state index contributed by atoms with van der Waals surface area (Å²) in [5, 5.41) is 13.7. The number of amides is 2. The van der Waals surface area contributed by atoms with Crippen LogP contribution in [0.1, 0.15) is 59.3 Å². The molecule has 8 nitrogen and oxygen atoms in total. The van der Waals surface area contributed by atoms with E-state index in [1.165, 1.54) is 0 Å². The number of nitrogens with one attached hydrogen (secondary N) is 2. The minimum atomic E-state index is -0.935. The van der Waals surface area contributed by atoms with E-state index in [1.54, 1.807) is 0 Å². The zero-order chi connectivity index (χ0) is 20.8. The first-order valence-electron chi connectivity index (χ1n) is 10.6. The second-order valence-electron chi connectivity index (χ2n) is 8.47. The molecule has 1 aliphatic rings. The second kappa shape index (κ2) is 13.6. The van der Waals surface area contributed by atoms with E-state index in [2.05, 4.69) is 20.4 Å². The molecule has 0 aromatic heterocycles. The van der Waals surface area contributed by atoms with Gasteiger partial charge in [-0.1, -0.05) is 12.8 Å². The normalized spacial score (nSPS) is 16.0. The number of unbranched alkanes of at least 4 members (excludes halogenated alkanes) is 4. The number of ether oxygens (including phenoxy) is 1. The minimum Gasteiger partial charge on any atom is -0.465 e. The lowest BCUT2D eigenvalue weighted by atomic mass is 10.2. The highest BCUT2D eigenvalue weighted by Crippen LogP contribution is 2.08. The number of carbonyl (C=O) groups excluding carboxylic acids is 1. The molecule has 1 rings (SSSR count). The van der Waals surface area contributed by atoms with Crippen molar-refractivity contribution in [2.45, 2.75) is 64.9 Å². The van der Waals surface area contributed by atoms with Crippen molar-refractivity contribution in [1.82, 2.24) is 20.4 Å². The van der Waals surface area contributed by atoms with Crippen LogP contribution in [0, 0.1) is 0 Å². The molecule has 1 heterocycles. The third-order valence-electron chi connectivity index (χ3n) is 4.71. The number of carbonyl (C=O) groups is 2. The number of carboxylic acid groups (broad SMARTS) is 1. The fraction of sp³-hybridized carbons (Fsp3) is 0.900. The Hall–Kier alpha value is -1.54. The maximum absolute atomic E-state index is 11.6. The van der Waals surface area contributed by atoms with Crippen LogP contribution in [0.3, 0.4) is 0 Å². The van der Waals surface area contributed by atoms with Gasteiger partial charge in [-0.15, -0.1) is 0 Å². The summed E-state index contributed by atoms with van der Waals surface area (Å²) in [6, 6.07) is 0. The fourth-order valence-corrected chi connectivity index (χ4v) is 3.21. The maximum atomic E-state index is 11.6. The topological polar surface area (TPSA) is 94.1 Å². The molecule has 0 unspecified atom stereocenters. The van der Waals surface area contributed by atoms with Crippen LogP contribution >= 0.6 is 0 Å². The maximum Gasteiger partial charge on any atom is 0.407 e. The van der Waals surface area contributed by atoms with E-state index in [1.807, 2.05) is 20.8 Å². The van der Waals surface area contributed by atoms with Crippen molar-refractivity contribution in [1.29, 1.82) is 0 Å². The molecule has 0 aromatic carbocycles. The Morgan fingerprint density at radius 3 is 1.71 bits per heavy atom. The van der Waals surface area contributed by atoms with E-state index in [4.69, 9.17) is 9.84 Å². The Bertz CT molecular complexity index is 446. The Balaban J connectivity index is 1.93. The SMILES string of the molecule is CC(C)(C)OC(=O)NCCCCCN1CCN(CCCCCNC(=O)O)CC1. The van der Waals surface area contributed by atoms with Crippen LogP contribution < -0.4 is 10.6 Å². The van der Waals surface area contributed by atoms with Crippen LogP contribution in [0.15, 0.2) is 0 Å². The van der Waals surface area contributed by atoms with Gasteiger partial charge in [0.15, 0.2) is 0 Å².